The summed E-state index contributed by atoms with van der Waals surface area (Å²) >= 11 is 0. The molecule has 2 unspecified atom stereocenters. The van der Waals surface area contributed by atoms with Gasteiger partial charge < -0.3 is 10.0 Å². The van der Waals surface area contributed by atoms with E-state index in [-0.39, 0.29) is 18.2 Å². The second kappa shape index (κ2) is 5.02. The van der Waals surface area contributed by atoms with E-state index in [9.17, 15) is 14.0 Å². The maximum Gasteiger partial charge on any atom is 0.326 e. The summed E-state index contributed by atoms with van der Waals surface area (Å²) in [5.74, 6) is -1.40. The molecule has 2 aliphatic rings. The van der Waals surface area contributed by atoms with Crippen LogP contribution in [-0.4, -0.2) is 40.6 Å². The Bertz CT molecular complexity index is 321. The van der Waals surface area contributed by atoms with Gasteiger partial charge in [0.25, 0.3) is 0 Å². The molecule has 1 aliphatic heterocycles. The van der Waals surface area contributed by atoms with E-state index < -0.39 is 18.2 Å². The predicted molar refractivity (Wildman–Crippen MR) is 59.2 cm³/mol. The van der Waals surface area contributed by atoms with Gasteiger partial charge in [-0.3, -0.25) is 4.79 Å². The van der Waals surface area contributed by atoms with E-state index >= 15 is 0 Å². The van der Waals surface area contributed by atoms with Gasteiger partial charge in [-0.15, -0.1) is 0 Å². The molecule has 1 heterocycles. The number of aliphatic carboxylic acids is 1. The largest absolute Gasteiger partial charge is 0.480 e. The summed E-state index contributed by atoms with van der Waals surface area (Å²) in [5.41, 5.74) is 0. The molecule has 0 aromatic heterocycles. The van der Waals surface area contributed by atoms with E-state index in [1.54, 1.807) is 0 Å². The number of carboxylic acid groups (broad SMARTS) is 1. The third-order valence-electron chi connectivity index (χ3n) is 3.78. The minimum absolute atomic E-state index is 0.155. The number of nitrogens with zero attached hydrogens (tertiary/aromatic N) is 1. The highest BCUT2D eigenvalue weighted by atomic mass is 19.1. The number of alkyl halides is 1. The summed E-state index contributed by atoms with van der Waals surface area (Å²) in [6.45, 7) is 0.503. The van der Waals surface area contributed by atoms with Gasteiger partial charge in [0.05, 0.1) is 0 Å². The van der Waals surface area contributed by atoms with Gasteiger partial charge in [0.2, 0.25) is 5.91 Å². The van der Waals surface area contributed by atoms with E-state index in [1.165, 1.54) is 4.90 Å². The Morgan fingerprint density at radius 2 is 1.94 bits per heavy atom. The van der Waals surface area contributed by atoms with Crippen LogP contribution >= 0.6 is 0 Å². The molecule has 1 saturated carbocycles. The SMILES string of the molecule is O=C(O)[C@@H]1CCCN1C(=O)C1CCCC(F)C1. The maximum absolute atomic E-state index is 13.2. The lowest BCUT2D eigenvalue weighted by Gasteiger charge is -2.30. The molecule has 0 bridgehead atoms. The average molecular weight is 243 g/mol. The van der Waals surface area contributed by atoms with Crippen LogP contribution in [0.1, 0.15) is 38.5 Å². The Morgan fingerprint density at radius 3 is 2.59 bits per heavy atom. The zero-order valence-electron chi connectivity index (χ0n) is 9.77. The van der Waals surface area contributed by atoms with E-state index in [4.69, 9.17) is 5.11 Å². The normalized spacial score (nSPS) is 33.7. The molecule has 1 amide bonds. The van der Waals surface area contributed by atoms with Crippen molar-refractivity contribution in [2.24, 2.45) is 5.92 Å². The molecule has 1 saturated heterocycles. The zero-order valence-corrected chi connectivity index (χ0v) is 9.77. The number of rotatable bonds is 2. The minimum atomic E-state index is -0.941. The lowest BCUT2D eigenvalue weighted by molar-refractivity contribution is -0.150. The Morgan fingerprint density at radius 1 is 1.18 bits per heavy atom. The van der Waals surface area contributed by atoms with Crippen LogP contribution in [0.15, 0.2) is 0 Å². The van der Waals surface area contributed by atoms with Gasteiger partial charge in [-0.25, -0.2) is 9.18 Å². The lowest BCUT2D eigenvalue weighted by atomic mass is 9.87. The van der Waals surface area contributed by atoms with Gasteiger partial charge in [-0.05, 0) is 38.5 Å². The van der Waals surface area contributed by atoms with Crippen LogP contribution in [0.5, 0.6) is 0 Å². The van der Waals surface area contributed by atoms with Crippen molar-refractivity contribution >= 4 is 11.9 Å². The van der Waals surface area contributed by atoms with Crippen LogP contribution in [0.2, 0.25) is 0 Å². The van der Waals surface area contributed by atoms with Crippen LogP contribution < -0.4 is 0 Å². The summed E-state index contributed by atoms with van der Waals surface area (Å²) in [6.07, 6.45) is 2.57. The number of likely N-dealkylation sites (tertiary alicyclic amines) is 1. The van der Waals surface area contributed by atoms with Crippen molar-refractivity contribution in [3.8, 4) is 0 Å². The lowest BCUT2D eigenvalue weighted by Crippen LogP contribution is -2.44. The van der Waals surface area contributed by atoms with Crippen molar-refractivity contribution in [2.75, 3.05) is 6.54 Å². The molecule has 0 spiro atoms. The fourth-order valence-corrected chi connectivity index (χ4v) is 2.88. The first-order chi connectivity index (χ1) is 8.09. The standard InChI is InChI=1S/C12H18FNO3/c13-9-4-1-3-8(7-9)11(15)14-6-2-5-10(14)12(16)17/h8-10H,1-7H2,(H,16,17)/t8?,9?,10-/m0/s1. The molecule has 5 heteroatoms. The molecule has 4 nitrogen and oxygen atoms in total. The first-order valence-corrected chi connectivity index (χ1v) is 6.27. The van der Waals surface area contributed by atoms with Crippen molar-refractivity contribution in [1.82, 2.24) is 4.90 Å². The van der Waals surface area contributed by atoms with Crippen molar-refractivity contribution in [2.45, 2.75) is 50.7 Å². The highest BCUT2D eigenvalue weighted by molar-refractivity contribution is 5.85. The molecule has 1 aliphatic carbocycles. The molecule has 1 N–H and O–H groups in total. The summed E-state index contributed by atoms with van der Waals surface area (Å²) in [5, 5.41) is 9.01. The monoisotopic (exact) mass is 243 g/mol. The second-order valence-electron chi connectivity index (χ2n) is 4.99. The van der Waals surface area contributed by atoms with Crippen LogP contribution in [0.3, 0.4) is 0 Å². The molecule has 17 heavy (non-hydrogen) atoms. The van der Waals surface area contributed by atoms with Crippen LogP contribution in [-0.2, 0) is 9.59 Å². The number of carbonyl (C=O) groups excluding carboxylic acids is 1. The third-order valence-corrected chi connectivity index (χ3v) is 3.78. The van der Waals surface area contributed by atoms with Crippen molar-refractivity contribution < 1.29 is 19.1 Å². The molecule has 3 atom stereocenters. The van der Waals surface area contributed by atoms with Gasteiger partial charge in [0.1, 0.15) is 12.2 Å². The zero-order chi connectivity index (χ0) is 12.4. The topological polar surface area (TPSA) is 57.6 Å². The number of amides is 1. The van der Waals surface area contributed by atoms with Crippen molar-refractivity contribution in [1.29, 1.82) is 0 Å². The summed E-state index contributed by atoms with van der Waals surface area (Å²) in [7, 11) is 0. The summed E-state index contributed by atoms with van der Waals surface area (Å²) in [4.78, 5) is 24.6. The van der Waals surface area contributed by atoms with Gasteiger partial charge in [-0.2, -0.15) is 0 Å². The van der Waals surface area contributed by atoms with Gasteiger partial charge in [0, 0.05) is 12.5 Å². The number of halogens is 1. The van der Waals surface area contributed by atoms with E-state index in [0.29, 0.717) is 25.8 Å². The number of hydrogen-bond donors (Lipinski definition) is 1. The Balaban J connectivity index is 2.01. The van der Waals surface area contributed by atoms with Gasteiger partial charge in [-0.1, -0.05) is 0 Å². The maximum atomic E-state index is 13.2. The first-order valence-electron chi connectivity index (χ1n) is 6.27. The number of hydrogen-bond acceptors (Lipinski definition) is 2. The molecule has 0 aromatic carbocycles. The van der Waals surface area contributed by atoms with E-state index in [0.717, 1.165) is 12.8 Å². The molecule has 96 valence electrons. The number of carbonyl (C=O) groups is 2. The average Bonchev–Trinajstić information content (AvgIpc) is 2.77. The Kier molecular flexibility index (Phi) is 3.64. The molecule has 2 rings (SSSR count). The molecule has 0 aromatic rings. The van der Waals surface area contributed by atoms with E-state index in [2.05, 4.69) is 0 Å². The van der Waals surface area contributed by atoms with Gasteiger partial charge in [0.15, 0.2) is 0 Å². The quantitative estimate of drug-likeness (QED) is 0.801. The molecular weight excluding hydrogens is 225 g/mol. The van der Waals surface area contributed by atoms with Crippen molar-refractivity contribution in [3.63, 3.8) is 0 Å². The third kappa shape index (κ3) is 2.58. The minimum Gasteiger partial charge on any atom is -0.480 e. The molecule has 2 fully saturated rings. The Labute approximate surface area is 99.8 Å². The predicted octanol–water partition coefficient (Wildman–Crippen LogP) is 1.59. The molecule has 0 radical (unpaired) electrons. The van der Waals surface area contributed by atoms with Crippen molar-refractivity contribution in [3.05, 3.63) is 0 Å². The second-order valence-corrected chi connectivity index (χ2v) is 4.99. The summed E-state index contributed by atoms with van der Waals surface area (Å²) < 4.78 is 13.2. The number of carboxylic acids is 1. The van der Waals surface area contributed by atoms with Crippen LogP contribution in [0.25, 0.3) is 0 Å². The fourth-order valence-electron chi connectivity index (χ4n) is 2.88. The Hall–Kier alpha value is -1.13. The summed E-state index contributed by atoms with van der Waals surface area (Å²) in [6, 6.07) is -0.692. The smallest absolute Gasteiger partial charge is 0.326 e. The fraction of sp³-hybridized carbons (Fsp3) is 0.833. The van der Waals surface area contributed by atoms with Crippen LogP contribution in [0, 0.1) is 5.92 Å². The van der Waals surface area contributed by atoms with E-state index in [1.807, 2.05) is 0 Å². The van der Waals surface area contributed by atoms with Gasteiger partial charge >= 0.3 is 5.97 Å². The highest BCUT2D eigenvalue weighted by Crippen LogP contribution is 2.30. The molecular formula is C12H18FNO3. The highest BCUT2D eigenvalue weighted by Gasteiger charge is 2.38. The van der Waals surface area contributed by atoms with Crippen LogP contribution in [0.4, 0.5) is 4.39 Å². The first kappa shape index (κ1) is 12.3.